The molecule has 1 fully saturated rings. The van der Waals surface area contributed by atoms with Gasteiger partial charge >= 0.3 is 5.97 Å². The minimum Gasteiger partial charge on any atom is -0.477 e. The molecule has 0 aromatic carbocycles. The number of hydrogen-bond donors (Lipinski definition) is 0. The van der Waals surface area contributed by atoms with Crippen molar-refractivity contribution in [2.24, 2.45) is 15.4 Å². The Balaban J connectivity index is 1.73. The Morgan fingerprint density at radius 1 is 1.09 bits per heavy atom. The van der Waals surface area contributed by atoms with Crippen molar-refractivity contribution >= 4 is 23.5 Å². The molecule has 2 heterocycles. The van der Waals surface area contributed by atoms with Gasteiger partial charge in [0.2, 0.25) is 0 Å². The van der Waals surface area contributed by atoms with Crippen LogP contribution in [-0.4, -0.2) is 54.4 Å². The van der Waals surface area contributed by atoms with Gasteiger partial charge in [-0.2, -0.15) is 0 Å². The molecule has 0 N–H and O–H groups in total. The molecule has 2 aliphatic heterocycles. The maximum Gasteiger partial charge on any atom is 0.335 e. The highest BCUT2D eigenvalue weighted by Crippen LogP contribution is 2.51. The summed E-state index contributed by atoms with van der Waals surface area (Å²) in [6, 6.07) is -1.08. The molecule has 126 valence electrons. The number of nitrogens with zero attached hydrogens (tertiary/aromatic N) is 2. The lowest BCUT2D eigenvalue weighted by atomic mass is 10.1. The molecule has 0 aromatic heterocycles. The molecule has 0 aromatic rings. The van der Waals surface area contributed by atoms with Crippen LogP contribution in [0.15, 0.2) is 9.98 Å². The molecular formula is C16H22N2O5. The summed E-state index contributed by atoms with van der Waals surface area (Å²) >= 11 is 0. The van der Waals surface area contributed by atoms with Gasteiger partial charge in [0, 0.05) is 0 Å². The van der Waals surface area contributed by atoms with E-state index in [1.165, 1.54) is 6.92 Å². The van der Waals surface area contributed by atoms with Crippen LogP contribution in [0.4, 0.5) is 0 Å². The molecule has 0 amide bonds. The Kier molecular flexibility index (Phi) is 3.69. The number of Topliss-reactive ketones (excluding diaryl/α,β-unsaturated/α-hetero) is 1. The summed E-state index contributed by atoms with van der Waals surface area (Å²) < 4.78 is 16.6. The number of hydrogen-bond acceptors (Lipinski definition) is 7. The van der Waals surface area contributed by atoms with Gasteiger partial charge in [-0.15, -0.1) is 0 Å². The molecule has 3 rings (SSSR count). The van der Waals surface area contributed by atoms with Crippen LogP contribution in [0.1, 0.15) is 40.5 Å². The van der Waals surface area contributed by atoms with E-state index in [0.29, 0.717) is 11.8 Å². The van der Waals surface area contributed by atoms with E-state index in [4.69, 9.17) is 14.2 Å². The molecule has 23 heavy (non-hydrogen) atoms. The summed E-state index contributed by atoms with van der Waals surface area (Å²) in [5.41, 5.74) is -1.04. The Morgan fingerprint density at radius 2 is 1.61 bits per heavy atom. The van der Waals surface area contributed by atoms with E-state index < -0.39 is 23.1 Å². The number of carbonyl (C=O) groups is 2. The van der Waals surface area contributed by atoms with Crippen LogP contribution in [0, 0.1) is 5.41 Å². The average Bonchev–Trinajstić information content (AvgIpc) is 2.92. The van der Waals surface area contributed by atoms with Crippen molar-refractivity contribution in [2.45, 2.75) is 58.2 Å². The molecule has 7 nitrogen and oxygen atoms in total. The molecule has 2 atom stereocenters. The molecule has 0 bridgehead atoms. The van der Waals surface area contributed by atoms with E-state index >= 15 is 0 Å². The molecule has 0 radical (unpaired) electrons. The predicted molar refractivity (Wildman–Crippen MR) is 82.5 cm³/mol. The molecule has 1 saturated carbocycles. The van der Waals surface area contributed by atoms with Crippen molar-refractivity contribution in [3.63, 3.8) is 0 Å². The van der Waals surface area contributed by atoms with Crippen LogP contribution in [0.5, 0.6) is 0 Å². The SMILES string of the molecule is CC(=O)[C@@H]1COC(C2(C3=N[C@H](C(=O)OC(C)(C)C)CO3)CC2)=N1. The van der Waals surface area contributed by atoms with Crippen LogP contribution in [0.2, 0.25) is 0 Å². The lowest BCUT2D eigenvalue weighted by Gasteiger charge is -2.20. The van der Waals surface area contributed by atoms with Gasteiger partial charge in [0.15, 0.2) is 23.6 Å². The first-order valence-electron chi connectivity index (χ1n) is 7.87. The van der Waals surface area contributed by atoms with Crippen LogP contribution >= 0.6 is 0 Å². The first kappa shape index (κ1) is 16.0. The highest BCUT2D eigenvalue weighted by Gasteiger charge is 2.58. The third kappa shape index (κ3) is 3.09. The lowest BCUT2D eigenvalue weighted by molar-refractivity contribution is -0.156. The summed E-state index contributed by atoms with van der Waals surface area (Å²) in [5.74, 6) is 0.591. The van der Waals surface area contributed by atoms with Gasteiger partial charge in [-0.25, -0.2) is 14.8 Å². The Labute approximate surface area is 135 Å². The summed E-state index contributed by atoms with van der Waals surface area (Å²) in [7, 11) is 0. The van der Waals surface area contributed by atoms with Crippen molar-refractivity contribution in [1.82, 2.24) is 0 Å². The standard InChI is InChI=1S/C16H22N2O5/c1-9(19)10-7-21-13(17-10)16(5-6-16)14-18-11(8-22-14)12(20)23-15(2,3)4/h10-11H,5-8H2,1-4H3/t10-,11-/m0/s1. The first-order chi connectivity index (χ1) is 10.7. The van der Waals surface area contributed by atoms with Crippen molar-refractivity contribution < 1.29 is 23.8 Å². The van der Waals surface area contributed by atoms with Gasteiger partial charge in [0.25, 0.3) is 0 Å². The maximum absolute atomic E-state index is 12.1. The second-order valence-corrected chi connectivity index (χ2v) is 7.25. The van der Waals surface area contributed by atoms with Crippen molar-refractivity contribution in [3.8, 4) is 0 Å². The van der Waals surface area contributed by atoms with E-state index in [1.807, 2.05) is 20.8 Å². The van der Waals surface area contributed by atoms with E-state index in [-0.39, 0.29) is 25.0 Å². The molecule has 0 saturated heterocycles. The van der Waals surface area contributed by atoms with E-state index in [9.17, 15) is 9.59 Å². The molecule has 0 unspecified atom stereocenters. The average molecular weight is 322 g/mol. The van der Waals surface area contributed by atoms with E-state index in [1.54, 1.807) is 0 Å². The van der Waals surface area contributed by atoms with Gasteiger partial charge in [-0.3, -0.25) is 4.79 Å². The fourth-order valence-corrected chi connectivity index (χ4v) is 2.61. The Morgan fingerprint density at radius 3 is 2.04 bits per heavy atom. The monoisotopic (exact) mass is 322 g/mol. The third-order valence-electron chi connectivity index (χ3n) is 4.02. The fraction of sp³-hybridized carbons (Fsp3) is 0.750. The summed E-state index contributed by atoms with van der Waals surface area (Å²) in [6.45, 7) is 7.40. The lowest BCUT2D eigenvalue weighted by Crippen LogP contribution is -2.31. The Bertz CT molecular complexity index is 598. The van der Waals surface area contributed by atoms with Crippen LogP contribution in [-0.2, 0) is 23.8 Å². The smallest absolute Gasteiger partial charge is 0.335 e. The third-order valence-corrected chi connectivity index (χ3v) is 4.02. The van der Waals surface area contributed by atoms with Crippen LogP contribution in [0.3, 0.4) is 0 Å². The van der Waals surface area contributed by atoms with Crippen LogP contribution in [0.25, 0.3) is 0 Å². The second kappa shape index (κ2) is 5.32. The molecule has 1 aliphatic carbocycles. The number of ketones is 1. The highest BCUT2D eigenvalue weighted by atomic mass is 16.6. The number of carbonyl (C=O) groups excluding carboxylic acids is 2. The summed E-state index contributed by atoms with van der Waals surface area (Å²) in [6.07, 6.45) is 1.60. The predicted octanol–water partition coefficient (Wildman–Crippen LogP) is 1.29. The minimum absolute atomic E-state index is 0.0169. The van der Waals surface area contributed by atoms with Gasteiger partial charge in [0.05, 0.1) is 0 Å². The highest BCUT2D eigenvalue weighted by molar-refractivity contribution is 6.10. The zero-order valence-corrected chi connectivity index (χ0v) is 13.9. The van der Waals surface area contributed by atoms with E-state index in [0.717, 1.165) is 12.8 Å². The van der Waals surface area contributed by atoms with Crippen molar-refractivity contribution in [2.75, 3.05) is 13.2 Å². The van der Waals surface area contributed by atoms with Gasteiger partial charge in [0.1, 0.15) is 30.3 Å². The summed E-state index contributed by atoms with van der Waals surface area (Å²) in [5, 5.41) is 0. The topological polar surface area (TPSA) is 86.5 Å². The molecule has 0 spiro atoms. The molecular weight excluding hydrogens is 300 g/mol. The quantitative estimate of drug-likeness (QED) is 0.728. The zero-order chi connectivity index (χ0) is 16.8. The molecule has 3 aliphatic rings. The Hall–Kier alpha value is -1.92. The first-order valence-corrected chi connectivity index (χ1v) is 7.87. The molecule has 7 heteroatoms. The largest absolute Gasteiger partial charge is 0.477 e. The van der Waals surface area contributed by atoms with Gasteiger partial charge in [-0.1, -0.05) is 0 Å². The summed E-state index contributed by atoms with van der Waals surface area (Å²) in [4.78, 5) is 32.3. The minimum atomic E-state index is -0.646. The number of aliphatic imine (C=N–C) groups is 2. The van der Waals surface area contributed by atoms with Crippen molar-refractivity contribution in [1.29, 1.82) is 0 Å². The van der Waals surface area contributed by atoms with Crippen LogP contribution < -0.4 is 0 Å². The number of esters is 1. The maximum atomic E-state index is 12.1. The second-order valence-electron chi connectivity index (χ2n) is 7.25. The van der Waals surface area contributed by atoms with Crippen molar-refractivity contribution in [3.05, 3.63) is 0 Å². The fourth-order valence-electron chi connectivity index (χ4n) is 2.61. The normalized spacial score (nSPS) is 28.3. The van der Waals surface area contributed by atoms with E-state index in [2.05, 4.69) is 9.98 Å². The number of ether oxygens (including phenoxy) is 3. The van der Waals surface area contributed by atoms with Gasteiger partial charge in [-0.05, 0) is 40.5 Å². The zero-order valence-electron chi connectivity index (χ0n) is 13.9. The van der Waals surface area contributed by atoms with Gasteiger partial charge < -0.3 is 14.2 Å². The number of rotatable bonds is 4.